The molecule has 2 aromatic rings. The van der Waals surface area contributed by atoms with Crippen LogP contribution in [0.5, 0.6) is 5.75 Å². The molecule has 0 bridgehead atoms. The summed E-state index contributed by atoms with van der Waals surface area (Å²) in [6, 6.07) is 11.3. The number of amides is 1. The molecule has 8 nitrogen and oxygen atoms in total. The van der Waals surface area contributed by atoms with Gasteiger partial charge in [-0.25, -0.2) is 5.43 Å². The van der Waals surface area contributed by atoms with Gasteiger partial charge in [0.05, 0.1) is 11.1 Å². The molecule has 2 aromatic carbocycles. The van der Waals surface area contributed by atoms with Gasteiger partial charge in [0.15, 0.2) is 0 Å². The van der Waals surface area contributed by atoms with Crippen molar-refractivity contribution in [3.05, 3.63) is 68.7 Å². The smallest absolute Gasteiger partial charge is 0.270 e. The first-order valence-electron chi connectivity index (χ1n) is 9.19. The number of carbonyl (C=O) groups is 1. The lowest BCUT2D eigenvalue weighted by Crippen LogP contribution is -2.39. The van der Waals surface area contributed by atoms with Crippen LogP contribution >= 0.6 is 11.6 Å². The Labute approximate surface area is 172 Å². The number of aromatic hydroxyl groups is 1. The SMILES string of the molecule is O=C(N/N=C/c1cc([N+](=O)[O-])ccc1O)C1CCN(Cc2ccc(Cl)cc2)CC1. The predicted octanol–water partition coefficient (Wildman–Crippen LogP) is 3.32. The Kier molecular flexibility index (Phi) is 6.79. The molecule has 0 radical (unpaired) electrons. The summed E-state index contributed by atoms with van der Waals surface area (Å²) in [6.07, 6.45) is 2.64. The average molecular weight is 417 g/mol. The van der Waals surface area contributed by atoms with Crippen molar-refractivity contribution in [2.45, 2.75) is 19.4 Å². The third-order valence-electron chi connectivity index (χ3n) is 4.88. The Morgan fingerprint density at radius 2 is 1.97 bits per heavy atom. The monoisotopic (exact) mass is 416 g/mol. The number of nitrogens with zero attached hydrogens (tertiary/aromatic N) is 3. The number of rotatable bonds is 6. The van der Waals surface area contributed by atoms with E-state index in [1.54, 1.807) is 0 Å². The highest BCUT2D eigenvalue weighted by Gasteiger charge is 2.24. The zero-order valence-electron chi connectivity index (χ0n) is 15.6. The molecule has 29 heavy (non-hydrogen) atoms. The van der Waals surface area contributed by atoms with E-state index < -0.39 is 4.92 Å². The normalized spacial score (nSPS) is 15.5. The Morgan fingerprint density at radius 1 is 1.28 bits per heavy atom. The Bertz CT molecular complexity index is 909. The number of piperidine rings is 1. The van der Waals surface area contributed by atoms with Gasteiger partial charge in [-0.05, 0) is 49.7 Å². The lowest BCUT2D eigenvalue weighted by atomic mass is 9.96. The summed E-state index contributed by atoms with van der Waals surface area (Å²) in [6.45, 7) is 2.42. The van der Waals surface area contributed by atoms with Crippen molar-refractivity contribution in [3.63, 3.8) is 0 Å². The molecule has 0 atom stereocenters. The molecule has 1 saturated heterocycles. The molecule has 9 heteroatoms. The van der Waals surface area contributed by atoms with Gasteiger partial charge in [0.2, 0.25) is 5.91 Å². The van der Waals surface area contributed by atoms with Gasteiger partial charge in [-0.15, -0.1) is 0 Å². The molecule has 2 N–H and O–H groups in total. The van der Waals surface area contributed by atoms with Crippen LogP contribution in [0.3, 0.4) is 0 Å². The fraction of sp³-hybridized carbons (Fsp3) is 0.300. The molecule has 0 spiro atoms. The molecule has 0 aliphatic carbocycles. The quantitative estimate of drug-likeness (QED) is 0.426. The Morgan fingerprint density at radius 3 is 2.62 bits per heavy atom. The zero-order valence-corrected chi connectivity index (χ0v) is 16.4. The summed E-state index contributed by atoms with van der Waals surface area (Å²) in [5, 5.41) is 25.1. The second-order valence-corrected chi connectivity index (χ2v) is 7.35. The second kappa shape index (κ2) is 9.49. The van der Waals surface area contributed by atoms with E-state index in [4.69, 9.17) is 11.6 Å². The predicted molar refractivity (Wildman–Crippen MR) is 110 cm³/mol. The molecule has 1 aliphatic heterocycles. The minimum Gasteiger partial charge on any atom is -0.507 e. The van der Waals surface area contributed by atoms with Crippen molar-refractivity contribution in [2.75, 3.05) is 13.1 Å². The summed E-state index contributed by atoms with van der Waals surface area (Å²) < 4.78 is 0. The van der Waals surface area contributed by atoms with E-state index in [2.05, 4.69) is 15.4 Å². The van der Waals surface area contributed by atoms with Crippen LogP contribution in [0, 0.1) is 16.0 Å². The summed E-state index contributed by atoms with van der Waals surface area (Å²) in [5.74, 6) is -0.492. The van der Waals surface area contributed by atoms with Gasteiger partial charge in [0.25, 0.3) is 5.69 Å². The minimum absolute atomic E-state index is 0.146. The number of nitrogens with one attached hydrogen (secondary N) is 1. The molecule has 3 rings (SSSR count). The van der Waals surface area contributed by atoms with E-state index in [-0.39, 0.29) is 28.8 Å². The van der Waals surface area contributed by atoms with Crippen LogP contribution in [0.15, 0.2) is 47.6 Å². The number of nitro groups is 1. The fourth-order valence-corrected chi connectivity index (χ4v) is 3.34. The van der Waals surface area contributed by atoms with Crippen molar-refractivity contribution >= 4 is 29.4 Å². The van der Waals surface area contributed by atoms with Crippen LogP contribution in [0.4, 0.5) is 5.69 Å². The van der Waals surface area contributed by atoms with E-state index in [9.17, 15) is 20.0 Å². The van der Waals surface area contributed by atoms with Gasteiger partial charge >= 0.3 is 0 Å². The number of phenolic OH excluding ortho intramolecular Hbond substituents is 1. The van der Waals surface area contributed by atoms with Crippen LogP contribution < -0.4 is 5.43 Å². The molecule has 1 amide bonds. The van der Waals surface area contributed by atoms with E-state index >= 15 is 0 Å². The van der Waals surface area contributed by atoms with Gasteiger partial charge in [-0.1, -0.05) is 23.7 Å². The molecule has 1 heterocycles. The lowest BCUT2D eigenvalue weighted by molar-refractivity contribution is -0.384. The number of carbonyl (C=O) groups excluding carboxylic acids is 1. The third kappa shape index (κ3) is 5.75. The lowest BCUT2D eigenvalue weighted by Gasteiger charge is -2.30. The molecular formula is C20H21ClN4O4. The van der Waals surface area contributed by atoms with Gasteiger partial charge in [0, 0.05) is 35.2 Å². The van der Waals surface area contributed by atoms with Crippen LogP contribution in [0.2, 0.25) is 5.02 Å². The van der Waals surface area contributed by atoms with Crippen LogP contribution in [0.25, 0.3) is 0 Å². The summed E-state index contributed by atoms with van der Waals surface area (Å²) >= 11 is 5.91. The number of hydrogen-bond donors (Lipinski definition) is 2. The third-order valence-corrected chi connectivity index (χ3v) is 5.13. The number of halogens is 1. The van der Waals surface area contributed by atoms with Crippen LogP contribution in [0.1, 0.15) is 24.0 Å². The standard InChI is InChI=1S/C20H21ClN4O4/c21-17-3-1-14(2-4-17)13-24-9-7-15(8-10-24)20(27)23-22-12-16-11-18(25(28)29)5-6-19(16)26/h1-6,11-12,15,26H,7-10,13H2,(H,23,27)/b22-12+. The van der Waals surface area contributed by atoms with E-state index in [1.807, 2.05) is 24.3 Å². The largest absolute Gasteiger partial charge is 0.507 e. The molecule has 1 fully saturated rings. The van der Waals surface area contributed by atoms with Gasteiger partial charge in [-0.3, -0.25) is 19.8 Å². The molecule has 0 saturated carbocycles. The minimum atomic E-state index is -0.562. The van der Waals surface area contributed by atoms with E-state index in [1.165, 1.54) is 30.0 Å². The zero-order chi connectivity index (χ0) is 20.8. The van der Waals surface area contributed by atoms with Crippen molar-refractivity contribution in [1.82, 2.24) is 10.3 Å². The second-order valence-electron chi connectivity index (χ2n) is 6.91. The fourth-order valence-electron chi connectivity index (χ4n) is 3.22. The van der Waals surface area contributed by atoms with Crippen LogP contribution in [-0.4, -0.2) is 40.1 Å². The maximum Gasteiger partial charge on any atom is 0.270 e. The topological polar surface area (TPSA) is 108 Å². The van der Waals surface area contributed by atoms with Crippen molar-refractivity contribution < 1.29 is 14.8 Å². The first-order valence-corrected chi connectivity index (χ1v) is 9.57. The van der Waals surface area contributed by atoms with E-state index in [0.29, 0.717) is 5.02 Å². The van der Waals surface area contributed by atoms with Crippen molar-refractivity contribution in [1.29, 1.82) is 0 Å². The molecule has 0 unspecified atom stereocenters. The number of likely N-dealkylation sites (tertiary alicyclic amines) is 1. The number of hydrogen-bond acceptors (Lipinski definition) is 6. The Hall–Kier alpha value is -2.97. The molecular weight excluding hydrogens is 396 g/mol. The number of nitro benzene ring substituents is 1. The van der Waals surface area contributed by atoms with Gasteiger partial charge < -0.3 is 5.11 Å². The summed E-state index contributed by atoms with van der Waals surface area (Å²) in [7, 11) is 0. The first kappa shape index (κ1) is 20.8. The highest BCUT2D eigenvalue weighted by Crippen LogP contribution is 2.22. The average Bonchev–Trinajstić information content (AvgIpc) is 2.71. The maximum atomic E-state index is 12.3. The van der Waals surface area contributed by atoms with Gasteiger partial charge in [-0.2, -0.15) is 5.10 Å². The van der Waals surface area contributed by atoms with Crippen molar-refractivity contribution in [3.8, 4) is 5.75 Å². The maximum absolute atomic E-state index is 12.3. The number of phenols is 1. The molecule has 0 aromatic heterocycles. The number of benzene rings is 2. The molecule has 152 valence electrons. The number of hydrazone groups is 1. The van der Waals surface area contributed by atoms with Crippen LogP contribution in [-0.2, 0) is 11.3 Å². The highest BCUT2D eigenvalue weighted by atomic mass is 35.5. The van der Waals surface area contributed by atoms with E-state index in [0.717, 1.165) is 32.5 Å². The first-order chi connectivity index (χ1) is 13.9. The Balaban J connectivity index is 1.48. The van der Waals surface area contributed by atoms with Gasteiger partial charge in [0.1, 0.15) is 5.75 Å². The molecule has 1 aliphatic rings. The van der Waals surface area contributed by atoms with Crippen molar-refractivity contribution in [2.24, 2.45) is 11.0 Å². The highest BCUT2D eigenvalue weighted by molar-refractivity contribution is 6.30. The number of non-ortho nitro benzene ring substituents is 1. The summed E-state index contributed by atoms with van der Waals surface area (Å²) in [5.41, 5.74) is 3.64. The summed E-state index contributed by atoms with van der Waals surface area (Å²) in [4.78, 5) is 24.9.